The highest BCUT2D eigenvalue weighted by molar-refractivity contribution is 9.11. The first-order valence-corrected chi connectivity index (χ1v) is 8.51. The third-order valence-electron chi connectivity index (χ3n) is 3.46. The summed E-state index contributed by atoms with van der Waals surface area (Å²) in [6.07, 6.45) is 0. The Morgan fingerprint density at radius 2 is 2.14 bits per heavy atom. The van der Waals surface area contributed by atoms with Crippen LogP contribution < -0.4 is 10.5 Å². The van der Waals surface area contributed by atoms with E-state index in [0.29, 0.717) is 0 Å². The lowest BCUT2D eigenvalue weighted by Crippen LogP contribution is -2.36. The molecule has 114 valence electrons. The van der Waals surface area contributed by atoms with Crippen molar-refractivity contribution < 1.29 is 4.74 Å². The molecule has 0 radical (unpaired) electrons. The largest absolute Gasteiger partial charge is 0.497 e. The number of methoxy groups -OCH3 is 1. The summed E-state index contributed by atoms with van der Waals surface area (Å²) >= 11 is 5.22. The Hall–Kier alpha value is -0.880. The minimum Gasteiger partial charge on any atom is -0.497 e. The van der Waals surface area contributed by atoms with E-state index < -0.39 is 0 Å². The Balaban J connectivity index is 2.21. The number of likely N-dealkylation sites (N-methyl/N-ethyl adjacent to an activating group) is 1. The van der Waals surface area contributed by atoms with E-state index in [9.17, 15) is 0 Å². The molecule has 0 aliphatic rings. The molecule has 1 aromatic heterocycles. The van der Waals surface area contributed by atoms with E-state index >= 15 is 0 Å². The zero-order valence-electron chi connectivity index (χ0n) is 12.5. The second-order valence-corrected chi connectivity index (χ2v) is 7.55. The van der Waals surface area contributed by atoms with E-state index in [2.05, 4.69) is 51.5 Å². The van der Waals surface area contributed by atoms with Gasteiger partial charge in [-0.05, 0) is 64.6 Å². The summed E-state index contributed by atoms with van der Waals surface area (Å²) in [4.78, 5) is 2.29. The van der Waals surface area contributed by atoms with Gasteiger partial charge in [-0.3, -0.25) is 4.90 Å². The molecule has 0 fully saturated rings. The number of thiophene rings is 1. The van der Waals surface area contributed by atoms with E-state index in [1.54, 1.807) is 18.4 Å². The van der Waals surface area contributed by atoms with Gasteiger partial charge in [0.05, 0.1) is 10.9 Å². The van der Waals surface area contributed by atoms with E-state index in [-0.39, 0.29) is 12.1 Å². The number of benzene rings is 1. The van der Waals surface area contributed by atoms with Crippen molar-refractivity contribution in [2.45, 2.75) is 25.6 Å². The van der Waals surface area contributed by atoms with Gasteiger partial charge in [0, 0.05) is 18.6 Å². The zero-order chi connectivity index (χ0) is 15.4. The van der Waals surface area contributed by atoms with Gasteiger partial charge in [0.2, 0.25) is 0 Å². The average Bonchev–Trinajstić information content (AvgIpc) is 2.84. The second-order valence-electron chi connectivity index (χ2n) is 5.25. The van der Waals surface area contributed by atoms with Crippen LogP contribution in [-0.4, -0.2) is 25.1 Å². The molecule has 2 unspecified atom stereocenters. The first-order chi connectivity index (χ1) is 10.0. The number of hydrogen-bond acceptors (Lipinski definition) is 4. The number of nitrogens with two attached hydrogens (primary N) is 1. The van der Waals surface area contributed by atoms with Crippen LogP contribution in [0.2, 0.25) is 0 Å². The van der Waals surface area contributed by atoms with Crippen molar-refractivity contribution in [1.29, 1.82) is 0 Å². The monoisotopic (exact) mass is 368 g/mol. The van der Waals surface area contributed by atoms with E-state index in [1.165, 1.54) is 11.1 Å². The predicted octanol–water partition coefficient (Wildman–Crippen LogP) is 4.04. The second kappa shape index (κ2) is 7.40. The van der Waals surface area contributed by atoms with Gasteiger partial charge >= 0.3 is 0 Å². The topological polar surface area (TPSA) is 38.5 Å². The van der Waals surface area contributed by atoms with Gasteiger partial charge < -0.3 is 10.5 Å². The van der Waals surface area contributed by atoms with E-state index in [0.717, 1.165) is 16.1 Å². The third kappa shape index (κ3) is 4.30. The van der Waals surface area contributed by atoms with Crippen LogP contribution in [0.5, 0.6) is 5.75 Å². The van der Waals surface area contributed by atoms with Crippen molar-refractivity contribution in [3.05, 3.63) is 50.6 Å². The van der Waals surface area contributed by atoms with E-state index in [1.807, 2.05) is 19.1 Å². The summed E-state index contributed by atoms with van der Waals surface area (Å²) in [6.45, 7) is 2.91. The van der Waals surface area contributed by atoms with Crippen LogP contribution in [0, 0.1) is 0 Å². The Morgan fingerprint density at radius 3 is 2.71 bits per heavy atom. The molecule has 0 spiro atoms. The standard InChI is InChI=1S/C16H21BrN2OS/c1-11(18)16(13-5-4-6-14(8-13)20-3)19(2)9-12-7-15(17)21-10-12/h4-8,10-11,16H,9,18H2,1-3H3. The lowest BCUT2D eigenvalue weighted by molar-refractivity contribution is 0.211. The molecule has 0 bridgehead atoms. The van der Waals surface area contributed by atoms with Gasteiger partial charge in [0.1, 0.15) is 5.75 Å². The average molecular weight is 369 g/mol. The Kier molecular flexibility index (Phi) is 5.81. The summed E-state index contributed by atoms with van der Waals surface area (Å²) in [5.41, 5.74) is 8.71. The zero-order valence-corrected chi connectivity index (χ0v) is 14.9. The Labute approximate surface area is 138 Å². The number of nitrogens with zero attached hydrogens (tertiary/aromatic N) is 1. The third-order valence-corrected chi connectivity index (χ3v) is 5.02. The van der Waals surface area contributed by atoms with Crippen LogP contribution in [0.25, 0.3) is 0 Å². The minimum atomic E-state index is 0.0317. The minimum absolute atomic E-state index is 0.0317. The fourth-order valence-electron chi connectivity index (χ4n) is 2.60. The normalized spacial score (nSPS) is 14.2. The number of hydrogen-bond donors (Lipinski definition) is 1. The molecule has 0 aliphatic carbocycles. The molecule has 0 amide bonds. The Morgan fingerprint density at radius 1 is 1.38 bits per heavy atom. The van der Waals surface area contributed by atoms with Crippen molar-refractivity contribution in [3.63, 3.8) is 0 Å². The highest BCUT2D eigenvalue weighted by atomic mass is 79.9. The number of halogens is 1. The summed E-state index contributed by atoms with van der Waals surface area (Å²) in [7, 11) is 3.80. The van der Waals surface area contributed by atoms with Crippen molar-refractivity contribution in [1.82, 2.24) is 4.90 Å². The van der Waals surface area contributed by atoms with Gasteiger partial charge in [-0.25, -0.2) is 0 Å². The Bertz CT molecular complexity index is 585. The van der Waals surface area contributed by atoms with Crippen LogP contribution in [0.3, 0.4) is 0 Å². The number of ether oxygens (including phenoxy) is 1. The summed E-state index contributed by atoms with van der Waals surface area (Å²) in [5.74, 6) is 0.866. The molecule has 0 saturated carbocycles. The highest BCUT2D eigenvalue weighted by Gasteiger charge is 2.22. The maximum atomic E-state index is 6.23. The molecule has 0 saturated heterocycles. The molecular formula is C16H21BrN2OS. The molecule has 21 heavy (non-hydrogen) atoms. The molecule has 2 N–H and O–H groups in total. The lowest BCUT2D eigenvalue weighted by atomic mass is 9.99. The fourth-order valence-corrected chi connectivity index (χ4v) is 3.80. The first-order valence-electron chi connectivity index (χ1n) is 6.84. The summed E-state index contributed by atoms with van der Waals surface area (Å²) < 4.78 is 6.48. The van der Waals surface area contributed by atoms with Gasteiger partial charge in [-0.1, -0.05) is 12.1 Å². The van der Waals surface area contributed by atoms with Crippen molar-refractivity contribution >= 4 is 27.3 Å². The molecule has 0 aliphatic heterocycles. The van der Waals surface area contributed by atoms with Crippen molar-refractivity contribution in [3.8, 4) is 5.75 Å². The van der Waals surface area contributed by atoms with Gasteiger partial charge in [0.15, 0.2) is 0 Å². The van der Waals surface area contributed by atoms with Gasteiger partial charge in [0.25, 0.3) is 0 Å². The molecule has 1 heterocycles. The maximum Gasteiger partial charge on any atom is 0.119 e. The van der Waals surface area contributed by atoms with Crippen LogP contribution in [0.15, 0.2) is 39.5 Å². The molecule has 2 atom stereocenters. The van der Waals surface area contributed by atoms with Gasteiger partial charge in [-0.2, -0.15) is 0 Å². The molecule has 3 nitrogen and oxygen atoms in total. The van der Waals surface area contributed by atoms with E-state index in [4.69, 9.17) is 10.5 Å². The molecule has 5 heteroatoms. The van der Waals surface area contributed by atoms with Crippen molar-refractivity contribution in [2.24, 2.45) is 5.73 Å². The molecular weight excluding hydrogens is 348 g/mol. The fraction of sp³-hybridized carbons (Fsp3) is 0.375. The van der Waals surface area contributed by atoms with Gasteiger partial charge in [-0.15, -0.1) is 11.3 Å². The van der Waals surface area contributed by atoms with Crippen LogP contribution >= 0.6 is 27.3 Å². The smallest absolute Gasteiger partial charge is 0.119 e. The number of rotatable bonds is 6. The van der Waals surface area contributed by atoms with Crippen LogP contribution in [0.4, 0.5) is 0 Å². The SMILES string of the molecule is COc1cccc(C(C(C)N)N(C)Cc2csc(Br)c2)c1. The predicted molar refractivity (Wildman–Crippen MR) is 92.9 cm³/mol. The molecule has 2 rings (SSSR count). The quantitative estimate of drug-likeness (QED) is 0.835. The summed E-state index contributed by atoms with van der Waals surface area (Å²) in [6, 6.07) is 10.5. The highest BCUT2D eigenvalue weighted by Crippen LogP contribution is 2.28. The molecule has 1 aromatic carbocycles. The van der Waals surface area contributed by atoms with Crippen LogP contribution in [0.1, 0.15) is 24.1 Å². The summed E-state index contributed by atoms with van der Waals surface area (Å²) in [5, 5.41) is 2.17. The van der Waals surface area contributed by atoms with Crippen molar-refractivity contribution in [2.75, 3.05) is 14.2 Å². The van der Waals surface area contributed by atoms with Crippen LogP contribution in [-0.2, 0) is 6.54 Å². The first kappa shape index (κ1) is 16.5. The maximum absolute atomic E-state index is 6.23. The lowest BCUT2D eigenvalue weighted by Gasteiger charge is -2.31. The molecule has 2 aromatic rings.